The number of carbonyl (C=O) groups is 2. The van der Waals surface area contributed by atoms with Crippen molar-refractivity contribution in [2.45, 2.75) is 58.3 Å². The van der Waals surface area contributed by atoms with Crippen molar-refractivity contribution in [3.8, 4) is 0 Å². The average molecular weight is 412 g/mol. The maximum absolute atomic E-state index is 12.3. The van der Waals surface area contributed by atoms with E-state index in [2.05, 4.69) is 22.2 Å². The van der Waals surface area contributed by atoms with Gasteiger partial charge in [-0.05, 0) is 58.7 Å². The second kappa shape index (κ2) is 9.89. The third kappa shape index (κ3) is 7.86. The number of pyridine rings is 1. The maximum Gasteiger partial charge on any atom is 0.413 e. The minimum Gasteiger partial charge on any atom is -0.444 e. The van der Waals surface area contributed by atoms with Gasteiger partial charge < -0.3 is 14.8 Å². The van der Waals surface area contributed by atoms with Crippen LogP contribution < -0.4 is 10.6 Å². The summed E-state index contributed by atoms with van der Waals surface area (Å²) in [6, 6.07) is 2.86. The number of hydrogen-bond acceptors (Lipinski definition) is 6. The lowest BCUT2D eigenvalue weighted by Gasteiger charge is -2.30. The van der Waals surface area contributed by atoms with E-state index in [4.69, 9.17) is 21.1 Å². The highest BCUT2D eigenvalue weighted by molar-refractivity contribution is 6.28. The maximum atomic E-state index is 12.3. The SMILES string of the molecule is C=C(NC(Cc1ccnc(NC(=O)OC(C)(C)C)c1)C(=O)CCl)C(C)(C)OC. The largest absolute Gasteiger partial charge is 0.444 e. The molecule has 1 unspecified atom stereocenters. The molecular formula is C20H30ClN3O4. The Kier molecular flexibility index (Phi) is 8.45. The number of nitrogens with one attached hydrogen (secondary N) is 2. The Morgan fingerprint density at radius 3 is 2.46 bits per heavy atom. The number of amides is 1. The van der Waals surface area contributed by atoms with E-state index >= 15 is 0 Å². The third-order valence-electron chi connectivity index (χ3n) is 4.00. The summed E-state index contributed by atoms with van der Waals surface area (Å²) in [5.41, 5.74) is 0.101. The molecule has 1 amide bonds. The van der Waals surface area contributed by atoms with Crippen LogP contribution >= 0.6 is 11.6 Å². The van der Waals surface area contributed by atoms with Crippen LogP contribution in [0.1, 0.15) is 40.2 Å². The van der Waals surface area contributed by atoms with E-state index < -0.39 is 23.3 Å². The molecule has 0 fully saturated rings. The van der Waals surface area contributed by atoms with Crippen LogP contribution in [0, 0.1) is 0 Å². The van der Waals surface area contributed by atoms with Gasteiger partial charge in [-0.1, -0.05) is 6.58 Å². The number of carbonyl (C=O) groups excluding carboxylic acids is 2. The molecule has 1 aromatic heterocycles. The van der Waals surface area contributed by atoms with Gasteiger partial charge in [0.15, 0.2) is 5.78 Å². The van der Waals surface area contributed by atoms with Gasteiger partial charge in [0.1, 0.15) is 17.0 Å². The van der Waals surface area contributed by atoms with Gasteiger partial charge in [-0.25, -0.2) is 9.78 Å². The third-order valence-corrected chi connectivity index (χ3v) is 4.26. The van der Waals surface area contributed by atoms with Gasteiger partial charge in [-0.15, -0.1) is 11.6 Å². The molecule has 0 bridgehead atoms. The van der Waals surface area contributed by atoms with Crippen molar-refractivity contribution in [3.63, 3.8) is 0 Å². The van der Waals surface area contributed by atoms with Crippen LogP contribution in [0.5, 0.6) is 0 Å². The molecule has 0 aliphatic carbocycles. The van der Waals surface area contributed by atoms with Crippen molar-refractivity contribution >= 4 is 29.3 Å². The second-order valence-electron chi connectivity index (χ2n) is 7.87. The van der Waals surface area contributed by atoms with E-state index in [-0.39, 0.29) is 11.7 Å². The molecule has 156 valence electrons. The topological polar surface area (TPSA) is 89.5 Å². The summed E-state index contributed by atoms with van der Waals surface area (Å²) in [6.45, 7) is 13.0. The molecule has 1 aromatic rings. The van der Waals surface area contributed by atoms with Crippen LogP contribution in [0.3, 0.4) is 0 Å². The Balaban J connectivity index is 2.91. The van der Waals surface area contributed by atoms with Crippen LogP contribution in [0.2, 0.25) is 0 Å². The Hall–Kier alpha value is -2.12. The first-order valence-electron chi connectivity index (χ1n) is 8.92. The zero-order valence-electron chi connectivity index (χ0n) is 17.4. The van der Waals surface area contributed by atoms with Gasteiger partial charge in [0.25, 0.3) is 0 Å². The van der Waals surface area contributed by atoms with Crippen molar-refractivity contribution < 1.29 is 19.1 Å². The molecule has 8 heteroatoms. The van der Waals surface area contributed by atoms with Crippen LogP contribution in [0.25, 0.3) is 0 Å². The zero-order chi connectivity index (χ0) is 21.5. The van der Waals surface area contributed by atoms with Crippen LogP contribution in [-0.4, -0.2) is 47.1 Å². The molecule has 0 radical (unpaired) electrons. The predicted octanol–water partition coefficient (Wildman–Crippen LogP) is 3.68. The Bertz CT molecular complexity index is 714. The summed E-state index contributed by atoms with van der Waals surface area (Å²) in [5.74, 6) is 0.0278. The summed E-state index contributed by atoms with van der Waals surface area (Å²) in [4.78, 5) is 28.3. The Morgan fingerprint density at radius 2 is 1.93 bits per heavy atom. The van der Waals surface area contributed by atoms with E-state index in [1.165, 1.54) is 0 Å². The highest BCUT2D eigenvalue weighted by Gasteiger charge is 2.26. The van der Waals surface area contributed by atoms with Crippen molar-refractivity contribution in [3.05, 3.63) is 36.2 Å². The fraction of sp³-hybridized carbons (Fsp3) is 0.550. The van der Waals surface area contributed by atoms with Crippen molar-refractivity contribution in [1.82, 2.24) is 10.3 Å². The van der Waals surface area contributed by atoms with Gasteiger partial charge in [0.05, 0.1) is 11.9 Å². The highest BCUT2D eigenvalue weighted by Crippen LogP contribution is 2.18. The van der Waals surface area contributed by atoms with Crippen molar-refractivity contribution in [1.29, 1.82) is 0 Å². The molecule has 1 rings (SSSR count). The molecule has 28 heavy (non-hydrogen) atoms. The predicted molar refractivity (Wildman–Crippen MR) is 111 cm³/mol. The van der Waals surface area contributed by atoms with E-state index in [1.54, 1.807) is 46.2 Å². The molecule has 1 heterocycles. The lowest BCUT2D eigenvalue weighted by atomic mass is 10.00. The highest BCUT2D eigenvalue weighted by atomic mass is 35.5. The summed E-state index contributed by atoms with van der Waals surface area (Å²) in [6.07, 6.45) is 1.30. The Morgan fingerprint density at radius 1 is 1.29 bits per heavy atom. The monoisotopic (exact) mass is 411 g/mol. The first-order valence-corrected chi connectivity index (χ1v) is 9.46. The standard InChI is InChI=1S/C20H30ClN3O4/c1-13(20(5,6)27-7)23-15(16(25)12-21)10-14-8-9-22-17(11-14)24-18(26)28-19(2,3)4/h8-9,11,15,23H,1,10,12H2,2-7H3,(H,22,24,26). The number of hydrogen-bond donors (Lipinski definition) is 2. The van der Waals surface area contributed by atoms with E-state index in [1.807, 2.05) is 13.8 Å². The number of rotatable bonds is 9. The van der Waals surface area contributed by atoms with Crippen molar-refractivity contribution in [2.75, 3.05) is 18.3 Å². The quantitative estimate of drug-likeness (QED) is 0.602. The molecule has 0 aliphatic heterocycles. The van der Waals surface area contributed by atoms with Gasteiger partial charge >= 0.3 is 6.09 Å². The second-order valence-corrected chi connectivity index (χ2v) is 8.14. The number of ketones is 1. The number of nitrogens with zero attached hydrogens (tertiary/aromatic N) is 1. The number of aromatic nitrogens is 1. The lowest BCUT2D eigenvalue weighted by molar-refractivity contribution is -0.118. The molecule has 7 nitrogen and oxygen atoms in total. The van der Waals surface area contributed by atoms with E-state index in [9.17, 15) is 9.59 Å². The summed E-state index contributed by atoms with van der Waals surface area (Å²) >= 11 is 5.77. The first-order chi connectivity index (χ1) is 12.9. The van der Waals surface area contributed by atoms with E-state index in [0.29, 0.717) is 17.9 Å². The molecule has 1 atom stereocenters. The summed E-state index contributed by atoms with van der Waals surface area (Å²) in [5, 5.41) is 5.70. The fourth-order valence-corrected chi connectivity index (χ4v) is 2.35. The molecule has 0 saturated heterocycles. The number of methoxy groups -OCH3 is 1. The van der Waals surface area contributed by atoms with Gasteiger partial charge in [0, 0.05) is 19.0 Å². The van der Waals surface area contributed by atoms with Crippen LogP contribution in [-0.2, 0) is 20.7 Å². The number of alkyl halides is 1. The van der Waals surface area contributed by atoms with Crippen LogP contribution in [0.15, 0.2) is 30.6 Å². The Labute approximate surface area is 171 Å². The number of anilines is 1. The summed E-state index contributed by atoms with van der Waals surface area (Å²) in [7, 11) is 1.57. The number of ether oxygens (including phenoxy) is 2. The fourth-order valence-electron chi connectivity index (χ4n) is 2.16. The molecule has 2 N–H and O–H groups in total. The molecule has 0 aliphatic rings. The van der Waals surface area contributed by atoms with Gasteiger partial charge in [-0.2, -0.15) is 0 Å². The molecule has 0 spiro atoms. The average Bonchev–Trinajstić information content (AvgIpc) is 2.58. The molecule has 0 saturated carbocycles. The molecular weight excluding hydrogens is 382 g/mol. The van der Waals surface area contributed by atoms with Crippen LogP contribution in [0.4, 0.5) is 10.6 Å². The smallest absolute Gasteiger partial charge is 0.413 e. The zero-order valence-corrected chi connectivity index (χ0v) is 18.1. The summed E-state index contributed by atoms with van der Waals surface area (Å²) < 4.78 is 10.6. The lowest BCUT2D eigenvalue weighted by Crippen LogP contribution is -2.44. The molecule has 0 aromatic carbocycles. The number of Topliss-reactive ketones (excluding diaryl/α,β-unsaturated/α-hetero) is 1. The van der Waals surface area contributed by atoms with Gasteiger partial charge in [-0.3, -0.25) is 10.1 Å². The first kappa shape index (κ1) is 23.9. The minimum atomic E-state index is -0.646. The normalized spacial score (nSPS) is 12.8. The van der Waals surface area contributed by atoms with E-state index in [0.717, 1.165) is 5.56 Å². The number of halogens is 1. The van der Waals surface area contributed by atoms with Crippen molar-refractivity contribution in [2.24, 2.45) is 0 Å². The minimum absolute atomic E-state index is 0.132. The van der Waals surface area contributed by atoms with Gasteiger partial charge in [0.2, 0.25) is 0 Å².